The number of aromatic nitrogens is 2. The number of benzene rings is 1. The van der Waals surface area contributed by atoms with Crippen LogP contribution in [-0.4, -0.2) is 27.9 Å². The lowest BCUT2D eigenvalue weighted by Crippen LogP contribution is -2.37. The quantitative estimate of drug-likeness (QED) is 0.684. The highest BCUT2D eigenvalue weighted by Crippen LogP contribution is 2.26. The molecule has 0 atom stereocenters. The van der Waals surface area contributed by atoms with Gasteiger partial charge in [-0.05, 0) is 44.0 Å². The van der Waals surface area contributed by atoms with E-state index in [4.69, 9.17) is 9.72 Å². The highest BCUT2D eigenvalue weighted by atomic mass is 32.1. The van der Waals surface area contributed by atoms with E-state index in [9.17, 15) is 4.79 Å². The van der Waals surface area contributed by atoms with Crippen LogP contribution in [0, 0.1) is 0 Å². The van der Waals surface area contributed by atoms with Crippen molar-refractivity contribution < 1.29 is 9.53 Å². The molecule has 1 aromatic carbocycles. The van der Waals surface area contributed by atoms with Crippen molar-refractivity contribution in [1.82, 2.24) is 14.7 Å². The molecule has 1 saturated carbocycles. The van der Waals surface area contributed by atoms with E-state index in [0.717, 1.165) is 40.5 Å². The van der Waals surface area contributed by atoms with Gasteiger partial charge < -0.3 is 10.1 Å². The Bertz CT molecular complexity index is 907. The average molecular weight is 384 g/mol. The first-order valence-corrected chi connectivity index (χ1v) is 10.6. The second kappa shape index (κ2) is 8.13. The number of nitrogens with zero attached hydrogens (tertiary/aromatic N) is 2. The lowest BCUT2D eigenvalue weighted by Gasteiger charge is -2.22. The number of hydrogen-bond donors (Lipinski definition) is 1. The summed E-state index contributed by atoms with van der Waals surface area (Å²) >= 11 is 1.58. The number of ether oxygens (including phenoxy) is 1. The molecule has 0 spiro atoms. The van der Waals surface area contributed by atoms with Crippen LogP contribution in [0.4, 0.5) is 0 Å². The lowest BCUT2D eigenvalue weighted by molar-refractivity contribution is -0.121. The normalized spacial score (nSPS) is 15.1. The zero-order valence-electron chi connectivity index (χ0n) is 15.6. The van der Waals surface area contributed by atoms with Crippen molar-refractivity contribution in [3.8, 4) is 17.0 Å². The Balaban J connectivity index is 1.47. The van der Waals surface area contributed by atoms with Gasteiger partial charge in [-0.2, -0.15) is 0 Å². The van der Waals surface area contributed by atoms with Crippen molar-refractivity contribution >= 4 is 22.2 Å². The van der Waals surface area contributed by atoms with Crippen LogP contribution >= 0.6 is 11.3 Å². The smallest absolute Gasteiger partial charge is 0.226 e. The summed E-state index contributed by atoms with van der Waals surface area (Å²) < 4.78 is 7.54. The number of rotatable bonds is 6. The van der Waals surface area contributed by atoms with Crippen molar-refractivity contribution in [3.63, 3.8) is 0 Å². The Morgan fingerprint density at radius 1 is 1.26 bits per heavy atom. The van der Waals surface area contributed by atoms with Gasteiger partial charge in [0.05, 0.1) is 18.7 Å². The molecule has 1 fully saturated rings. The number of fused-ring (bicyclic) bond motifs is 1. The first kappa shape index (κ1) is 18.0. The third kappa shape index (κ3) is 4.16. The molecule has 2 heterocycles. The number of hydrogen-bond acceptors (Lipinski definition) is 4. The van der Waals surface area contributed by atoms with Gasteiger partial charge in [0.15, 0.2) is 4.96 Å². The van der Waals surface area contributed by atoms with Gasteiger partial charge in [0.1, 0.15) is 5.75 Å². The number of thiazole rings is 1. The van der Waals surface area contributed by atoms with E-state index in [0.29, 0.717) is 19.1 Å². The van der Waals surface area contributed by atoms with Crippen molar-refractivity contribution in [2.45, 2.75) is 51.5 Å². The minimum atomic E-state index is 0.109. The van der Waals surface area contributed by atoms with E-state index in [1.807, 2.05) is 47.2 Å². The topological polar surface area (TPSA) is 55.6 Å². The van der Waals surface area contributed by atoms with Gasteiger partial charge in [-0.25, -0.2) is 4.98 Å². The zero-order chi connectivity index (χ0) is 18.6. The van der Waals surface area contributed by atoms with Gasteiger partial charge in [0.2, 0.25) is 5.91 Å². The van der Waals surface area contributed by atoms with E-state index in [-0.39, 0.29) is 5.91 Å². The van der Waals surface area contributed by atoms with Crippen LogP contribution in [0.25, 0.3) is 16.2 Å². The Kier molecular flexibility index (Phi) is 5.43. The van der Waals surface area contributed by atoms with Gasteiger partial charge in [0.25, 0.3) is 0 Å². The number of nitrogens with one attached hydrogen (secondary N) is 1. The van der Waals surface area contributed by atoms with E-state index in [1.165, 1.54) is 19.3 Å². The molecule has 0 radical (unpaired) electrons. The second-order valence-electron chi connectivity index (χ2n) is 7.04. The molecule has 1 aliphatic rings. The summed E-state index contributed by atoms with van der Waals surface area (Å²) in [7, 11) is 0. The average Bonchev–Trinajstić information content (AvgIpc) is 3.25. The van der Waals surface area contributed by atoms with Gasteiger partial charge in [-0.3, -0.25) is 9.20 Å². The Hall–Kier alpha value is -2.34. The van der Waals surface area contributed by atoms with Crippen LogP contribution in [0.3, 0.4) is 0 Å². The van der Waals surface area contributed by atoms with Crippen molar-refractivity contribution in [3.05, 3.63) is 41.5 Å². The molecular weight excluding hydrogens is 358 g/mol. The van der Waals surface area contributed by atoms with Crippen molar-refractivity contribution in [1.29, 1.82) is 0 Å². The van der Waals surface area contributed by atoms with Gasteiger partial charge in [0, 0.05) is 28.9 Å². The molecule has 1 amide bonds. The molecule has 0 unspecified atom stereocenters. The van der Waals surface area contributed by atoms with Crippen LogP contribution in [0.1, 0.15) is 44.7 Å². The monoisotopic (exact) mass is 383 g/mol. The Morgan fingerprint density at radius 2 is 2.04 bits per heavy atom. The summed E-state index contributed by atoms with van der Waals surface area (Å²) in [5, 5.41) is 5.23. The van der Waals surface area contributed by atoms with E-state index >= 15 is 0 Å². The number of imidazole rings is 1. The van der Waals surface area contributed by atoms with Crippen LogP contribution in [0.15, 0.2) is 35.8 Å². The van der Waals surface area contributed by atoms with E-state index < -0.39 is 0 Å². The molecule has 5 nitrogen and oxygen atoms in total. The molecule has 4 rings (SSSR count). The first-order valence-electron chi connectivity index (χ1n) is 9.71. The fourth-order valence-corrected chi connectivity index (χ4v) is 4.55. The van der Waals surface area contributed by atoms with Crippen LogP contribution in [0.5, 0.6) is 5.75 Å². The maximum absolute atomic E-state index is 12.4. The van der Waals surface area contributed by atoms with Gasteiger partial charge in [-0.15, -0.1) is 11.3 Å². The number of carbonyl (C=O) groups excluding carboxylic acids is 1. The zero-order valence-corrected chi connectivity index (χ0v) is 16.4. The molecule has 0 bridgehead atoms. The summed E-state index contributed by atoms with van der Waals surface area (Å²) in [5.74, 6) is 0.972. The standard InChI is InChI=1S/C21H25N3O2S/c1-2-26-18-10-8-15(9-11-18)19-13-24-17(14-27-21(24)23-19)12-20(25)22-16-6-4-3-5-7-16/h8-11,13-14,16H,2-7,12H2,1H3,(H,22,25). The summed E-state index contributed by atoms with van der Waals surface area (Å²) in [5.41, 5.74) is 2.96. The number of carbonyl (C=O) groups is 1. The maximum Gasteiger partial charge on any atom is 0.226 e. The fourth-order valence-electron chi connectivity index (χ4n) is 3.67. The molecule has 6 heteroatoms. The molecule has 1 aliphatic carbocycles. The fraction of sp³-hybridized carbons (Fsp3) is 0.429. The third-order valence-corrected chi connectivity index (χ3v) is 5.95. The summed E-state index contributed by atoms with van der Waals surface area (Å²) in [6, 6.07) is 8.32. The summed E-state index contributed by atoms with van der Waals surface area (Å²) in [4.78, 5) is 18.1. The highest BCUT2D eigenvalue weighted by molar-refractivity contribution is 7.15. The SMILES string of the molecule is CCOc1ccc(-c2cn3c(CC(=O)NC4CCCCC4)csc3n2)cc1. The highest BCUT2D eigenvalue weighted by Gasteiger charge is 2.17. The first-order chi connectivity index (χ1) is 13.2. The minimum Gasteiger partial charge on any atom is -0.494 e. The molecule has 27 heavy (non-hydrogen) atoms. The predicted molar refractivity (Wildman–Crippen MR) is 108 cm³/mol. The molecule has 0 saturated heterocycles. The second-order valence-corrected chi connectivity index (χ2v) is 7.88. The van der Waals surface area contributed by atoms with Crippen LogP contribution in [0.2, 0.25) is 0 Å². The van der Waals surface area contributed by atoms with E-state index in [2.05, 4.69) is 5.32 Å². The largest absolute Gasteiger partial charge is 0.494 e. The Morgan fingerprint density at radius 3 is 2.78 bits per heavy atom. The van der Waals surface area contributed by atoms with Crippen molar-refractivity contribution in [2.24, 2.45) is 0 Å². The lowest BCUT2D eigenvalue weighted by atomic mass is 9.95. The van der Waals surface area contributed by atoms with Gasteiger partial charge in [-0.1, -0.05) is 19.3 Å². The molecule has 3 aromatic rings. The maximum atomic E-state index is 12.4. The van der Waals surface area contributed by atoms with E-state index in [1.54, 1.807) is 11.3 Å². The van der Waals surface area contributed by atoms with Gasteiger partial charge >= 0.3 is 0 Å². The summed E-state index contributed by atoms with van der Waals surface area (Å²) in [6.45, 7) is 2.63. The molecule has 1 N–H and O–H groups in total. The molecule has 0 aliphatic heterocycles. The van der Waals surface area contributed by atoms with Crippen LogP contribution < -0.4 is 10.1 Å². The number of amides is 1. The predicted octanol–water partition coefficient (Wildman–Crippen LogP) is 4.45. The summed E-state index contributed by atoms with van der Waals surface area (Å²) in [6.07, 6.45) is 8.37. The van der Waals surface area contributed by atoms with Crippen LogP contribution in [-0.2, 0) is 11.2 Å². The molecular formula is C21H25N3O2S. The minimum absolute atomic E-state index is 0.109. The Labute approximate surface area is 163 Å². The molecule has 142 valence electrons. The molecule has 2 aromatic heterocycles. The van der Waals surface area contributed by atoms with Crippen molar-refractivity contribution in [2.75, 3.05) is 6.61 Å². The third-order valence-electron chi connectivity index (χ3n) is 5.06.